The van der Waals surface area contributed by atoms with Gasteiger partial charge in [-0.2, -0.15) is 5.26 Å². The molecule has 1 saturated heterocycles. The van der Waals surface area contributed by atoms with Crippen LogP contribution in [0.2, 0.25) is 0 Å². The maximum absolute atomic E-state index is 12.8. The lowest BCUT2D eigenvalue weighted by Crippen LogP contribution is -2.32. The molecule has 1 aliphatic heterocycles. The molecule has 3 aromatic rings. The van der Waals surface area contributed by atoms with Gasteiger partial charge < -0.3 is 15.0 Å². The van der Waals surface area contributed by atoms with E-state index in [-0.39, 0.29) is 5.91 Å². The summed E-state index contributed by atoms with van der Waals surface area (Å²) in [5.74, 6) is 1.36. The fourth-order valence-corrected chi connectivity index (χ4v) is 3.31. The van der Waals surface area contributed by atoms with Crippen LogP contribution in [0, 0.1) is 11.3 Å². The number of para-hydroxylation sites is 2. The van der Waals surface area contributed by atoms with Crippen LogP contribution in [0.1, 0.15) is 25.3 Å². The molecule has 7 heteroatoms. The van der Waals surface area contributed by atoms with Gasteiger partial charge in [0, 0.05) is 13.1 Å². The molecular weight excluding hydrogens is 366 g/mol. The zero-order valence-corrected chi connectivity index (χ0v) is 16.1. The van der Waals surface area contributed by atoms with E-state index in [0.717, 1.165) is 37.0 Å². The van der Waals surface area contributed by atoms with E-state index in [1.165, 1.54) is 0 Å². The molecule has 146 valence electrons. The summed E-state index contributed by atoms with van der Waals surface area (Å²) >= 11 is 0. The minimum Gasteiger partial charge on any atom is -0.481 e. The Hall–Kier alpha value is -3.66. The van der Waals surface area contributed by atoms with Crippen LogP contribution in [0.4, 0.5) is 11.6 Å². The zero-order valence-electron chi connectivity index (χ0n) is 16.1. The van der Waals surface area contributed by atoms with Crippen molar-refractivity contribution in [3.8, 4) is 11.8 Å². The van der Waals surface area contributed by atoms with Crippen LogP contribution in [0.15, 0.2) is 48.5 Å². The van der Waals surface area contributed by atoms with Gasteiger partial charge in [0.05, 0.1) is 22.7 Å². The van der Waals surface area contributed by atoms with E-state index in [2.05, 4.69) is 21.3 Å². The van der Waals surface area contributed by atoms with E-state index in [4.69, 9.17) is 15.0 Å². The largest absolute Gasteiger partial charge is 0.481 e. The van der Waals surface area contributed by atoms with Gasteiger partial charge in [-0.1, -0.05) is 12.1 Å². The first-order valence-electron chi connectivity index (χ1n) is 9.63. The Morgan fingerprint density at radius 2 is 1.76 bits per heavy atom. The molecule has 0 radical (unpaired) electrons. The number of benzene rings is 2. The fraction of sp³-hybridized carbons (Fsp3) is 0.273. The maximum Gasteiger partial charge on any atom is 0.266 e. The highest BCUT2D eigenvalue weighted by Crippen LogP contribution is 2.28. The SMILES string of the molecule is CC(Oc1ccc(C#N)cc1)C(=O)Nc1nc2ccccc2nc1N1CCCC1. The first kappa shape index (κ1) is 18.7. The topological polar surface area (TPSA) is 91.1 Å². The van der Waals surface area contributed by atoms with Gasteiger partial charge in [0.1, 0.15) is 5.75 Å². The molecule has 0 saturated carbocycles. The Morgan fingerprint density at radius 1 is 1.10 bits per heavy atom. The molecule has 1 unspecified atom stereocenters. The van der Waals surface area contributed by atoms with Crippen molar-refractivity contribution in [1.82, 2.24) is 9.97 Å². The van der Waals surface area contributed by atoms with E-state index in [9.17, 15) is 4.79 Å². The molecular formula is C22H21N5O2. The summed E-state index contributed by atoms with van der Waals surface area (Å²) in [5, 5.41) is 11.8. The van der Waals surface area contributed by atoms with Crippen LogP contribution in [-0.4, -0.2) is 35.1 Å². The average Bonchev–Trinajstić information content (AvgIpc) is 3.28. The third-order valence-corrected chi connectivity index (χ3v) is 4.86. The van der Waals surface area contributed by atoms with Crippen LogP contribution >= 0.6 is 0 Å². The third kappa shape index (κ3) is 4.11. The highest BCUT2D eigenvalue weighted by Gasteiger charge is 2.23. The van der Waals surface area contributed by atoms with E-state index < -0.39 is 6.10 Å². The molecule has 2 heterocycles. The van der Waals surface area contributed by atoms with Crippen molar-refractivity contribution in [2.75, 3.05) is 23.3 Å². The second-order valence-electron chi connectivity index (χ2n) is 6.96. The number of nitrogens with one attached hydrogen (secondary N) is 1. The Balaban J connectivity index is 1.55. The average molecular weight is 387 g/mol. The first-order valence-corrected chi connectivity index (χ1v) is 9.63. The van der Waals surface area contributed by atoms with Gasteiger partial charge in [-0.15, -0.1) is 0 Å². The van der Waals surface area contributed by atoms with E-state index >= 15 is 0 Å². The number of carbonyl (C=O) groups is 1. The third-order valence-electron chi connectivity index (χ3n) is 4.86. The Labute approximate surface area is 169 Å². The summed E-state index contributed by atoms with van der Waals surface area (Å²) in [6.07, 6.45) is 1.46. The highest BCUT2D eigenvalue weighted by atomic mass is 16.5. The molecule has 7 nitrogen and oxygen atoms in total. The zero-order chi connectivity index (χ0) is 20.2. The second-order valence-corrected chi connectivity index (χ2v) is 6.96. The fourth-order valence-electron chi connectivity index (χ4n) is 3.31. The predicted molar refractivity (Wildman–Crippen MR) is 111 cm³/mol. The lowest BCUT2D eigenvalue weighted by Gasteiger charge is -2.21. The standard InChI is InChI=1S/C22H21N5O2/c1-15(29-17-10-8-16(14-23)9-11-17)22(28)26-20-21(27-12-4-5-13-27)25-19-7-3-2-6-18(19)24-20/h2-3,6-11,15H,4-5,12-13H2,1H3,(H,24,26,28). The Bertz CT molecular complexity index is 1070. The lowest BCUT2D eigenvalue weighted by atomic mass is 10.2. The van der Waals surface area contributed by atoms with Crippen LogP contribution in [0.25, 0.3) is 11.0 Å². The summed E-state index contributed by atoms with van der Waals surface area (Å²) in [4.78, 5) is 24.3. The van der Waals surface area contributed by atoms with E-state index in [1.807, 2.05) is 24.3 Å². The first-order chi connectivity index (χ1) is 14.1. The van der Waals surface area contributed by atoms with Gasteiger partial charge in [-0.3, -0.25) is 4.79 Å². The Morgan fingerprint density at radius 3 is 2.41 bits per heavy atom. The van der Waals surface area contributed by atoms with Crippen molar-refractivity contribution in [2.24, 2.45) is 0 Å². The van der Waals surface area contributed by atoms with Crippen molar-refractivity contribution in [3.05, 3.63) is 54.1 Å². The van der Waals surface area contributed by atoms with E-state index in [1.54, 1.807) is 31.2 Å². The molecule has 1 N–H and O–H groups in total. The number of fused-ring (bicyclic) bond motifs is 1. The molecule has 1 aromatic heterocycles. The smallest absolute Gasteiger partial charge is 0.266 e. The number of nitriles is 1. The molecule has 1 aliphatic rings. The summed E-state index contributed by atoms with van der Waals surface area (Å²) in [7, 11) is 0. The molecule has 0 bridgehead atoms. The lowest BCUT2D eigenvalue weighted by molar-refractivity contribution is -0.122. The summed E-state index contributed by atoms with van der Waals surface area (Å²) in [6, 6.07) is 16.3. The van der Waals surface area contributed by atoms with Crippen LogP contribution < -0.4 is 15.0 Å². The molecule has 1 amide bonds. The molecule has 4 rings (SSSR count). The summed E-state index contributed by atoms with van der Waals surface area (Å²) in [6.45, 7) is 3.47. The number of carbonyl (C=O) groups excluding carboxylic acids is 1. The van der Waals surface area contributed by atoms with Gasteiger partial charge in [0.25, 0.3) is 5.91 Å². The minimum atomic E-state index is -0.734. The second kappa shape index (κ2) is 8.15. The predicted octanol–water partition coefficient (Wildman–Crippen LogP) is 3.51. The van der Waals surface area contributed by atoms with Crippen molar-refractivity contribution in [2.45, 2.75) is 25.9 Å². The molecule has 29 heavy (non-hydrogen) atoms. The number of anilines is 2. The van der Waals surface area contributed by atoms with Crippen molar-refractivity contribution in [3.63, 3.8) is 0 Å². The molecule has 2 aromatic carbocycles. The quantitative estimate of drug-likeness (QED) is 0.720. The normalized spacial score (nSPS) is 14.4. The van der Waals surface area contributed by atoms with Crippen molar-refractivity contribution in [1.29, 1.82) is 5.26 Å². The minimum absolute atomic E-state index is 0.306. The van der Waals surface area contributed by atoms with Crippen LogP contribution in [0.5, 0.6) is 5.75 Å². The van der Waals surface area contributed by atoms with E-state index in [0.29, 0.717) is 22.9 Å². The number of hydrogen-bond acceptors (Lipinski definition) is 6. The molecule has 1 fully saturated rings. The number of nitrogens with zero attached hydrogens (tertiary/aromatic N) is 4. The molecule has 0 aliphatic carbocycles. The number of aromatic nitrogens is 2. The molecule has 0 spiro atoms. The number of hydrogen-bond donors (Lipinski definition) is 1. The van der Waals surface area contributed by atoms with Crippen molar-refractivity contribution >= 4 is 28.6 Å². The van der Waals surface area contributed by atoms with Gasteiger partial charge in [0.15, 0.2) is 17.7 Å². The number of rotatable bonds is 5. The highest BCUT2D eigenvalue weighted by molar-refractivity contribution is 5.96. The molecule has 1 atom stereocenters. The summed E-state index contributed by atoms with van der Waals surface area (Å²) in [5.41, 5.74) is 2.07. The maximum atomic E-state index is 12.8. The summed E-state index contributed by atoms with van der Waals surface area (Å²) < 4.78 is 5.72. The van der Waals surface area contributed by atoms with Gasteiger partial charge in [0.2, 0.25) is 0 Å². The Kier molecular flexibility index (Phi) is 5.25. The van der Waals surface area contributed by atoms with Crippen LogP contribution in [-0.2, 0) is 4.79 Å². The van der Waals surface area contributed by atoms with Gasteiger partial charge >= 0.3 is 0 Å². The number of amides is 1. The monoisotopic (exact) mass is 387 g/mol. The van der Waals surface area contributed by atoms with Gasteiger partial charge in [-0.25, -0.2) is 9.97 Å². The van der Waals surface area contributed by atoms with Crippen molar-refractivity contribution < 1.29 is 9.53 Å². The van der Waals surface area contributed by atoms with Crippen LogP contribution in [0.3, 0.4) is 0 Å². The van der Waals surface area contributed by atoms with Gasteiger partial charge in [-0.05, 0) is 56.2 Å². The number of ether oxygens (including phenoxy) is 1.